The fourth-order valence-electron chi connectivity index (χ4n) is 1.25. The first kappa shape index (κ1) is 8.87. The summed E-state index contributed by atoms with van der Waals surface area (Å²) in [5.41, 5.74) is 1.19. The molecule has 0 aliphatic heterocycles. The van der Waals surface area contributed by atoms with E-state index in [-0.39, 0.29) is 11.7 Å². The lowest BCUT2D eigenvalue weighted by molar-refractivity contribution is 0.0935. The smallest absolute Gasteiger partial charge is 0.185 e. The zero-order valence-electron chi connectivity index (χ0n) is 8.14. The molecule has 0 saturated heterocycles. The molecule has 0 amide bonds. The molecule has 0 atom stereocenters. The molecule has 4 nitrogen and oxygen atoms in total. The highest BCUT2D eigenvalue weighted by Crippen LogP contribution is 2.08. The molecule has 2 aromatic rings. The monoisotopic (exact) mass is 189 g/mol. The fraction of sp³-hybridized carbons (Fsp3) is 0.300. The van der Waals surface area contributed by atoms with E-state index in [0.29, 0.717) is 11.3 Å². The van der Waals surface area contributed by atoms with Gasteiger partial charge in [-0.25, -0.2) is 9.50 Å². The van der Waals surface area contributed by atoms with E-state index in [9.17, 15) is 4.79 Å². The number of carbonyl (C=O) groups excluding carboxylic acids is 1. The fourth-order valence-corrected chi connectivity index (χ4v) is 1.25. The first-order valence-corrected chi connectivity index (χ1v) is 4.53. The zero-order valence-corrected chi connectivity index (χ0v) is 8.14. The number of hydrogen-bond donors (Lipinski definition) is 0. The van der Waals surface area contributed by atoms with Crippen molar-refractivity contribution in [1.29, 1.82) is 0 Å². The van der Waals surface area contributed by atoms with E-state index in [1.54, 1.807) is 23.0 Å². The Labute approximate surface area is 81.6 Å². The highest BCUT2D eigenvalue weighted by atomic mass is 16.1. The molecule has 0 spiro atoms. The van der Waals surface area contributed by atoms with E-state index in [1.807, 2.05) is 19.9 Å². The summed E-state index contributed by atoms with van der Waals surface area (Å²) >= 11 is 0. The summed E-state index contributed by atoms with van der Waals surface area (Å²) in [5.74, 6) is 0.0235. The van der Waals surface area contributed by atoms with Crippen LogP contribution < -0.4 is 0 Å². The van der Waals surface area contributed by atoms with Gasteiger partial charge in [-0.2, -0.15) is 5.10 Å². The molecule has 0 N–H and O–H groups in total. The van der Waals surface area contributed by atoms with Gasteiger partial charge in [0.25, 0.3) is 0 Å². The zero-order chi connectivity index (χ0) is 10.1. The first-order valence-electron chi connectivity index (χ1n) is 4.53. The quantitative estimate of drug-likeness (QED) is 0.673. The van der Waals surface area contributed by atoms with Crippen molar-refractivity contribution in [3.8, 4) is 0 Å². The van der Waals surface area contributed by atoms with Gasteiger partial charge in [-0.05, 0) is 12.1 Å². The molecule has 2 aromatic heterocycles. The number of nitrogens with zero attached hydrogens (tertiary/aromatic N) is 3. The van der Waals surface area contributed by atoms with Crippen molar-refractivity contribution in [2.75, 3.05) is 0 Å². The molecule has 0 saturated carbocycles. The third-order valence-electron chi connectivity index (χ3n) is 2.01. The van der Waals surface area contributed by atoms with E-state index < -0.39 is 0 Å². The van der Waals surface area contributed by atoms with Crippen molar-refractivity contribution >= 4 is 11.4 Å². The number of hydrogen-bond acceptors (Lipinski definition) is 3. The third-order valence-corrected chi connectivity index (χ3v) is 2.01. The topological polar surface area (TPSA) is 47.3 Å². The van der Waals surface area contributed by atoms with Gasteiger partial charge in [0.05, 0.1) is 6.20 Å². The van der Waals surface area contributed by atoms with Gasteiger partial charge in [-0.1, -0.05) is 13.8 Å². The van der Waals surface area contributed by atoms with Gasteiger partial charge in [0.2, 0.25) is 0 Å². The molecular formula is C10H11N3O. The molecule has 0 bridgehead atoms. The Morgan fingerprint density at radius 1 is 1.50 bits per heavy atom. The summed E-state index contributed by atoms with van der Waals surface area (Å²) in [6, 6.07) is 3.62. The summed E-state index contributed by atoms with van der Waals surface area (Å²) in [4.78, 5) is 15.8. The predicted molar refractivity (Wildman–Crippen MR) is 52.2 cm³/mol. The molecule has 0 fully saturated rings. The lowest BCUT2D eigenvalue weighted by Gasteiger charge is -1.97. The van der Waals surface area contributed by atoms with Crippen molar-refractivity contribution in [3.63, 3.8) is 0 Å². The number of Topliss-reactive ketones (excluding diaryl/α,β-unsaturated/α-hetero) is 1. The average Bonchev–Trinajstić information content (AvgIpc) is 2.59. The summed E-state index contributed by atoms with van der Waals surface area (Å²) in [7, 11) is 0. The van der Waals surface area contributed by atoms with Crippen LogP contribution in [-0.2, 0) is 0 Å². The molecule has 14 heavy (non-hydrogen) atoms. The number of imidazole rings is 1. The van der Waals surface area contributed by atoms with E-state index in [2.05, 4.69) is 10.1 Å². The minimum Gasteiger partial charge on any atom is -0.292 e. The van der Waals surface area contributed by atoms with Crippen LogP contribution in [0, 0.1) is 5.92 Å². The van der Waals surface area contributed by atoms with E-state index >= 15 is 0 Å². The second-order valence-electron chi connectivity index (χ2n) is 3.47. The summed E-state index contributed by atoms with van der Waals surface area (Å²) < 4.78 is 1.61. The van der Waals surface area contributed by atoms with Gasteiger partial charge in [0, 0.05) is 12.1 Å². The minimum absolute atomic E-state index is 0.0279. The van der Waals surface area contributed by atoms with Crippen LogP contribution in [0.3, 0.4) is 0 Å². The molecule has 0 unspecified atom stereocenters. The molecule has 2 heterocycles. The Hall–Kier alpha value is -1.71. The van der Waals surface area contributed by atoms with Crippen molar-refractivity contribution < 1.29 is 4.79 Å². The molecular weight excluding hydrogens is 178 g/mol. The van der Waals surface area contributed by atoms with Crippen molar-refractivity contribution in [3.05, 3.63) is 30.2 Å². The number of fused-ring (bicyclic) bond motifs is 1. The maximum atomic E-state index is 11.6. The Bertz CT molecular complexity index is 440. The second kappa shape index (κ2) is 3.21. The number of aromatic nitrogens is 3. The Morgan fingerprint density at radius 3 is 2.93 bits per heavy atom. The number of carbonyl (C=O) groups is 1. The molecule has 2 rings (SSSR count). The molecule has 0 aliphatic rings. The van der Waals surface area contributed by atoms with Crippen LogP contribution in [-0.4, -0.2) is 20.4 Å². The van der Waals surface area contributed by atoms with E-state index in [1.165, 1.54) is 0 Å². The molecule has 4 heteroatoms. The molecule has 0 aromatic carbocycles. The highest BCUT2D eigenvalue weighted by molar-refractivity contribution is 5.96. The predicted octanol–water partition coefficient (Wildman–Crippen LogP) is 1.57. The normalized spacial score (nSPS) is 11.1. The van der Waals surface area contributed by atoms with Gasteiger partial charge in [0.15, 0.2) is 11.4 Å². The summed E-state index contributed by atoms with van der Waals surface area (Å²) in [5, 5.41) is 4.05. The minimum atomic E-state index is -0.0279. The Kier molecular flexibility index (Phi) is 2.04. The van der Waals surface area contributed by atoms with Crippen molar-refractivity contribution in [2.24, 2.45) is 5.92 Å². The van der Waals surface area contributed by atoms with E-state index in [4.69, 9.17) is 0 Å². The summed E-state index contributed by atoms with van der Waals surface area (Å²) in [6.07, 6.45) is 3.33. The number of rotatable bonds is 2. The van der Waals surface area contributed by atoms with Gasteiger partial charge in [-0.15, -0.1) is 0 Å². The van der Waals surface area contributed by atoms with Gasteiger partial charge >= 0.3 is 0 Å². The highest BCUT2D eigenvalue weighted by Gasteiger charge is 2.14. The van der Waals surface area contributed by atoms with E-state index in [0.717, 1.165) is 0 Å². The summed E-state index contributed by atoms with van der Waals surface area (Å²) in [6.45, 7) is 3.72. The maximum Gasteiger partial charge on any atom is 0.185 e. The lowest BCUT2D eigenvalue weighted by Crippen LogP contribution is -2.07. The second-order valence-corrected chi connectivity index (χ2v) is 3.47. The SMILES string of the molecule is CC(C)C(=O)c1cn2ncccc2n1. The van der Waals surface area contributed by atoms with Gasteiger partial charge in [-0.3, -0.25) is 4.79 Å². The Morgan fingerprint density at radius 2 is 2.29 bits per heavy atom. The average molecular weight is 189 g/mol. The largest absolute Gasteiger partial charge is 0.292 e. The van der Waals surface area contributed by atoms with Crippen LogP contribution in [0.25, 0.3) is 5.65 Å². The maximum absolute atomic E-state index is 11.6. The number of ketones is 1. The van der Waals surface area contributed by atoms with Crippen LogP contribution in [0.15, 0.2) is 24.5 Å². The van der Waals surface area contributed by atoms with Crippen LogP contribution in [0.2, 0.25) is 0 Å². The van der Waals surface area contributed by atoms with Gasteiger partial charge < -0.3 is 0 Å². The molecule has 0 radical (unpaired) electrons. The van der Waals surface area contributed by atoms with Crippen LogP contribution >= 0.6 is 0 Å². The van der Waals surface area contributed by atoms with Crippen molar-refractivity contribution in [1.82, 2.24) is 14.6 Å². The molecule has 0 aliphatic carbocycles. The standard InChI is InChI=1S/C10H11N3O/c1-7(2)10(14)8-6-13-9(12-8)4-3-5-11-13/h3-7H,1-2H3. The molecule has 72 valence electrons. The lowest BCUT2D eigenvalue weighted by atomic mass is 10.1. The third kappa shape index (κ3) is 1.39. The van der Waals surface area contributed by atoms with Gasteiger partial charge in [0.1, 0.15) is 5.69 Å². The first-order chi connectivity index (χ1) is 6.68. The Balaban J connectivity index is 2.50. The van der Waals surface area contributed by atoms with Crippen LogP contribution in [0.5, 0.6) is 0 Å². The van der Waals surface area contributed by atoms with Crippen molar-refractivity contribution in [2.45, 2.75) is 13.8 Å². The van der Waals surface area contributed by atoms with Crippen LogP contribution in [0.4, 0.5) is 0 Å². The van der Waals surface area contributed by atoms with Crippen LogP contribution in [0.1, 0.15) is 24.3 Å².